The first kappa shape index (κ1) is 12.0. The zero-order valence-corrected chi connectivity index (χ0v) is 11.6. The number of carbonyl (C=O) groups is 1. The fourth-order valence-corrected chi connectivity index (χ4v) is 2.65. The maximum absolute atomic E-state index is 13.5. The van der Waals surface area contributed by atoms with Crippen LogP contribution in [0.25, 0.3) is 0 Å². The summed E-state index contributed by atoms with van der Waals surface area (Å²) in [5.74, 6) is -0.702. The SMILES string of the molecule is O=C(c1cc(Br)ccc1F)N1CCC(Br)C1. The van der Waals surface area contributed by atoms with Gasteiger partial charge in [-0.3, -0.25) is 4.79 Å². The van der Waals surface area contributed by atoms with Crippen molar-refractivity contribution in [3.63, 3.8) is 0 Å². The minimum atomic E-state index is -0.466. The third-order valence-corrected chi connectivity index (χ3v) is 3.82. The van der Waals surface area contributed by atoms with E-state index in [9.17, 15) is 9.18 Å². The molecule has 1 heterocycles. The molecule has 1 aliphatic rings. The molecule has 0 radical (unpaired) electrons. The molecule has 2 rings (SSSR count). The van der Waals surface area contributed by atoms with Crippen molar-refractivity contribution in [3.8, 4) is 0 Å². The molecule has 86 valence electrons. The van der Waals surface area contributed by atoms with Crippen LogP contribution in [0.3, 0.4) is 0 Å². The van der Waals surface area contributed by atoms with Crippen LogP contribution in [0.15, 0.2) is 22.7 Å². The summed E-state index contributed by atoms with van der Waals surface area (Å²) in [5.41, 5.74) is 0.135. The number of hydrogen-bond donors (Lipinski definition) is 0. The van der Waals surface area contributed by atoms with Crippen molar-refractivity contribution < 1.29 is 9.18 Å². The third kappa shape index (κ3) is 2.46. The van der Waals surface area contributed by atoms with Gasteiger partial charge in [0.15, 0.2) is 0 Å². The number of carbonyl (C=O) groups excluding carboxylic acids is 1. The molecule has 1 saturated heterocycles. The van der Waals surface area contributed by atoms with Crippen molar-refractivity contribution in [1.29, 1.82) is 0 Å². The standard InChI is InChI=1S/C11H10Br2FNO/c12-7-1-2-10(14)9(5-7)11(16)15-4-3-8(13)6-15/h1-2,5,8H,3-4,6H2. The van der Waals surface area contributed by atoms with E-state index in [1.807, 2.05) is 0 Å². The molecule has 0 bridgehead atoms. The minimum absolute atomic E-state index is 0.135. The maximum Gasteiger partial charge on any atom is 0.256 e. The number of alkyl halides is 1. The normalized spacial score (nSPS) is 20.2. The van der Waals surface area contributed by atoms with Gasteiger partial charge >= 0.3 is 0 Å². The van der Waals surface area contributed by atoms with Gasteiger partial charge in [0.25, 0.3) is 5.91 Å². The average molecular weight is 351 g/mol. The molecule has 0 aliphatic carbocycles. The van der Waals surface area contributed by atoms with Crippen LogP contribution in [0.4, 0.5) is 4.39 Å². The maximum atomic E-state index is 13.5. The fourth-order valence-electron chi connectivity index (χ4n) is 1.73. The molecule has 0 spiro atoms. The Hall–Kier alpha value is -0.420. The molecule has 1 atom stereocenters. The molecule has 1 fully saturated rings. The van der Waals surface area contributed by atoms with Crippen molar-refractivity contribution in [3.05, 3.63) is 34.1 Å². The molecule has 2 nitrogen and oxygen atoms in total. The van der Waals surface area contributed by atoms with Gasteiger partial charge in [-0.2, -0.15) is 0 Å². The van der Waals surface area contributed by atoms with Gasteiger partial charge in [-0.15, -0.1) is 0 Å². The van der Waals surface area contributed by atoms with E-state index in [1.54, 1.807) is 11.0 Å². The Morgan fingerprint density at radius 1 is 1.50 bits per heavy atom. The molecule has 1 aromatic carbocycles. The van der Waals surface area contributed by atoms with Gasteiger partial charge in [-0.1, -0.05) is 31.9 Å². The first-order valence-electron chi connectivity index (χ1n) is 4.96. The smallest absolute Gasteiger partial charge is 0.256 e. The van der Waals surface area contributed by atoms with Gasteiger partial charge in [0.05, 0.1) is 5.56 Å². The number of hydrogen-bond acceptors (Lipinski definition) is 1. The van der Waals surface area contributed by atoms with Crippen molar-refractivity contribution in [1.82, 2.24) is 4.90 Å². The van der Waals surface area contributed by atoms with Crippen molar-refractivity contribution >= 4 is 37.8 Å². The number of amides is 1. The van der Waals surface area contributed by atoms with E-state index >= 15 is 0 Å². The Balaban J connectivity index is 2.23. The second kappa shape index (κ2) is 4.84. The summed E-state index contributed by atoms with van der Waals surface area (Å²) in [4.78, 5) is 14.0. The van der Waals surface area contributed by atoms with Crippen molar-refractivity contribution in [2.45, 2.75) is 11.2 Å². The molecule has 1 aromatic rings. The van der Waals surface area contributed by atoms with E-state index in [2.05, 4.69) is 31.9 Å². The van der Waals surface area contributed by atoms with Crippen LogP contribution in [-0.4, -0.2) is 28.7 Å². The van der Waals surface area contributed by atoms with E-state index < -0.39 is 5.82 Å². The third-order valence-electron chi connectivity index (χ3n) is 2.58. The summed E-state index contributed by atoms with van der Waals surface area (Å²) in [7, 11) is 0. The Labute approximate surface area is 110 Å². The molecular weight excluding hydrogens is 341 g/mol. The molecular formula is C11H10Br2FNO. The molecule has 0 saturated carbocycles. The molecule has 1 amide bonds. The Kier molecular flexibility index (Phi) is 3.64. The Bertz CT molecular complexity index is 424. The highest BCUT2D eigenvalue weighted by molar-refractivity contribution is 9.10. The van der Waals surface area contributed by atoms with Crippen LogP contribution in [-0.2, 0) is 0 Å². The van der Waals surface area contributed by atoms with Crippen molar-refractivity contribution in [2.75, 3.05) is 13.1 Å². The minimum Gasteiger partial charge on any atom is -0.337 e. The van der Waals surface area contributed by atoms with E-state index in [0.717, 1.165) is 6.42 Å². The zero-order chi connectivity index (χ0) is 11.7. The quantitative estimate of drug-likeness (QED) is 0.712. The lowest BCUT2D eigenvalue weighted by Gasteiger charge is -2.16. The topological polar surface area (TPSA) is 20.3 Å². The summed E-state index contributed by atoms with van der Waals surface area (Å²) in [5, 5.41) is 0. The summed E-state index contributed by atoms with van der Waals surface area (Å²) >= 11 is 6.69. The van der Waals surface area contributed by atoms with Gasteiger partial charge < -0.3 is 4.90 Å². The molecule has 0 N–H and O–H groups in total. The van der Waals surface area contributed by atoms with Crippen LogP contribution in [0.5, 0.6) is 0 Å². The number of nitrogens with zero attached hydrogens (tertiary/aromatic N) is 1. The predicted molar refractivity (Wildman–Crippen MR) is 67.3 cm³/mol. The molecule has 5 heteroatoms. The zero-order valence-electron chi connectivity index (χ0n) is 8.42. The highest BCUT2D eigenvalue weighted by Crippen LogP contribution is 2.22. The van der Waals surface area contributed by atoms with Gasteiger partial charge in [0.1, 0.15) is 5.82 Å². The largest absolute Gasteiger partial charge is 0.337 e. The van der Waals surface area contributed by atoms with Crippen LogP contribution < -0.4 is 0 Å². The first-order valence-corrected chi connectivity index (χ1v) is 6.67. The number of rotatable bonds is 1. The highest BCUT2D eigenvalue weighted by Gasteiger charge is 2.26. The second-order valence-electron chi connectivity index (χ2n) is 3.76. The van der Waals surface area contributed by atoms with Crippen LogP contribution in [0, 0.1) is 5.82 Å². The van der Waals surface area contributed by atoms with Gasteiger partial charge in [-0.25, -0.2) is 4.39 Å². The van der Waals surface area contributed by atoms with Crippen LogP contribution in [0.1, 0.15) is 16.8 Å². The van der Waals surface area contributed by atoms with Gasteiger partial charge in [0.2, 0.25) is 0 Å². The molecule has 0 aromatic heterocycles. The first-order chi connectivity index (χ1) is 7.58. The lowest BCUT2D eigenvalue weighted by Crippen LogP contribution is -2.29. The van der Waals surface area contributed by atoms with Crippen LogP contribution >= 0.6 is 31.9 Å². The Morgan fingerprint density at radius 2 is 2.25 bits per heavy atom. The highest BCUT2D eigenvalue weighted by atomic mass is 79.9. The number of halogens is 3. The van der Waals surface area contributed by atoms with Crippen LogP contribution in [0.2, 0.25) is 0 Å². The Morgan fingerprint density at radius 3 is 2.88 bits per heavy atom. The predicted octanol–water partition coefficient (Wildman–Crippen LogP) is 3.20. The average Bonchev–Trinajstić information content (AvgIpc) is 2.67. The summed E-state index contributed by atoms with van der Waals surface area (Å²) in [6.07, 6.45) is 0.918. The summed E-state index contributed by atoms with van der Waals surface area (Å²) in [6.45, 7) is 1.32. The molecule has 1 unspecified atom stereocenters. The van der Waals surface area contributed by atoms with Gasteiger partial charge in [0, 0.05) is 22.4 Å². The molecule has 1 aliphatic heterocycles. The summed E-state index contributed by atoms with van der Waals surface area (Å²) in [6, 6.07) is 4.42. The molecule has 16 heavy (non-hydrogen) atoms. The van der Waals surface area contributed by atoms with E-state index in [4.69, 9.17) is 0 Å². The number of benzene rings is 1. The van der Waals surface area contributed by atoms with Gasteiger partial charge in [-0.05, 0) is 24.6 Å². The van der Waals surface area contributed by atoms with E-state index in [0.29, 0.717) is 22.4 Å². The fraction of sp³-hybridized carbons (Fsp3) is 0.364. The van der Waals surface area contributed by atoms with E-state index in [-0.39, 0.29) is 11.5 Å². The second-order valence-corrected chi connectivity index (χ2v) is 5.97. The lowest BCUT2D eigenvalue weighted by molar-refractivity contribution is 0.0789. The van der Waals surface area contributed by atoms with E-state index in [1.165, 1.54) is 12.1 Å². The summed E-state index contributed by atoms with van der Waals surface area (Å²) < 4.78 is 14.2. The monoisotopic (exact) mass is 349 g/mol. The van der Waals surface area contributed by atoms with Crippen molar-refractivity contribution in [2.24, 2.45) is 0 Å². The number of likely N-dealkylation sites (tertiary alicyclic amines) is 1. The lowest BCUT2D eigenvalue weighted by atomic mass is 10.2.